The van der Waals surface area contributed by atoms with Crippen molar-refractivity contribution in [2.45, 2.75) is 15.1 Å². The molecule has 3 aromatic heterocycles. The number of halogens is 5. The maximum absolute atomic E-state index is 14.6. The number of carbonyl (C=O) groups excluding carboxylic acids is 2. The van der Waals surface area contributed by atoms with E-state index in [0.29, 0.717) is 68.6 Å². The molecule has 2 amide bonds. The van der Waals surface area contributed by atoms with Crippen LogP contribution in [0.2, 0.25) is 15.1 Å². The number of amides is 2. The average Bonchev–Trinajstić information content (AvgIpc) is 4.14. The number of amidine groups is 1. The van der Waals surface area contributed by atoms with Crippen molar-refractivity contribution in [1.82, 2.24) is 47.9 Å². The van der Waals surface area contributed by atoms with Gasteiger partial charge in [-0.15, -0.1) is 0 Å². The largest absolute Gasteiger partial charge is 0.363 e. The first-order valence-corrected chi connectivity index (χ1v) is 30.8. The van der Waals surface area contributed by atoms with Gasteiger partial charge in [-0.1, -0.05) is 53.0 Å². The van der Waals surface area contributed by atoms with Gasteiger partial charge >= 0.3 is 0 Å². The van der Waals surface area contributed by atoms with Crippen molar-refractivity contribution in [1.29, 1.82) is 5.41 Å². The summed E-state index contributed by atoms with van der Waals surface area (Å²) in [6, 6.07) is 27.9. The Morgan fingerprint density at radius 1 is 0.524 bits per heavy atom. The summed E-state index contributed by atoms with van der Waals surface area (Å²) in [6.45, 7) is 10.2. The van der Waals surface area contributed by atoms with E-state index in [1.54, 1.807) is 74.8 Å². The number of hydrogen-bond donors (Lipinski definition) is 5. The minimum absolute atomic E-state index is 0.0559. The zero-order valence-corrected chi connectivity index (χ0v) is 48.6. The van der Waals surface area contributed by atoms with E-state index >= 15 is 0 Å². The summed E-state index contributed by atoms with van der Waals surface area (Å²) in [5.74, 6) is -2.38. The molecule has 3 saturated heterocycles. The number of fused-ring (bicyclic) bond motifs is 3. The number of sulfonamides is 3. The van der Waals surface area contributed by atoms with Gasteiger partial charge in [-0.05, 0) is 91.0 Å². The smallest absolute Gasteiger partial charge is 0.258 e. The van der Waals surface area contributed by atoms with Crippen molar-refractivity contribution in [3.8, 4) is 0 Å². The molecule has 0 saturated carbocycles. The third-order valence-electron chi connectivity index (χ3n) is 13.9. The lowest BCUT2D eigenvalue weighted by molar-refractivity contribution is 0.0686. The molecule has 430 valence electrons. The second-order valence-corrected chi connectivity index (χ2v) is 26.4. The number of H-pyrrole nitrogens is 3. The van der Waals surface area contributed by atoms with E-state index < -0.39 is 53.5 Å². The van der Waals surface area contributed by atoms with E-state index in [4.69, 9.17) is 46.8 Å². The minimum atomic E-state index is -3.79. The number of aromatic nitrogens is 3. The highest BCUT2D eigenvalue weighted by Crippen LogP contribution is 2.29. The SMILES string of the molecule is CN(C)C(=N)c1ccc(C(=O)N2CCN(S(=O)(=O)c3cc4cc(Cl)ccc4[nH]3)CC2)c(F)c1.O=S(=O)(c1cc2cc(Cl)ccc2[nH]1)N1CCNCC1.[C-]#[N+]c1ccc(C(=O)N2CCN(S(=O)(=O)c3cc4cc(Cl)ccc4[nH]3)CC2)c(F)c1. The Balaban J connectivity index is 0.000000153. The Labute approximate surface area is 486 Å². The third-order valence-corrected chi connectivity index (χ3v) is 20.1. The predicted octanol–water partition coefficient (Wildman–Crippen LogP) is 8.07. The first-order chi connectivity index (χ1) is 38.9. The molecule has 3 fully saturated rings. The standard InChI is InChI=1S/C22H23ClFN5O3S.C20H16ClFN4O3S.C12H14ClN3O2S/c1-27(2)21(25)14-3-5-17(18(24)12-14)22(30)28-7-9-29(10-8-28)33(31,32)20-13-15-11-16(23)4-6-19(15)26-20;1-23-15-3-4-16(17(22)12-15)20(27)25-6-8-26(9-7-25)30(28,29)19-11-13-10-14(21)2-5-18(13)24-19;13-10-1-2-11-9(7-10)8-12(15-11)19(17,18)16-5-3-14-4-6-16/h3-6,11-13,25-26H,7-10H2,1-2H3;2-5,10-12,24H,6-9H2;1-2,7-8,14-15H,3-6H2. The van der Waals surface area contributed by atoms with E-state index in [-0.39, 0.29) is 90.1 Å². The molecule has 0 radical (unpaired) electrons. The number of nitrogens with zero attached hydrogens (tertiary/aromatic N) is 7. The summed E-state index contributed by atoms with van der Waals surface area (Å²) >= 11 is 17.9. The lowest BCUT2D eigenvalue weighted by atomic mass is 10.1. The van der Waals surface area contributed by atoms with Crippen molar-refractivity contribution in [2.75, 3.05) is 92.6 Å². The number of benzene rings is 5. The molecule has 82 heavy (non-hydrogen) atoms. The van der Waals surface area contributed by atoms with E-state index in [1.165, 1.54) is 70.1 Å². The van der Waals surface area contributed by atoms with Crippen molar-refractivity contribution in [3.63, 3.8) is 0 Å². The topological polar surface area (TPSA) is 244 Å². The monoisotopic (exact) mass is 1240 g/mol. The lowest BCUT2D eigenvalue weighted by Gasteiger charge is -2.33. The van der Waals surface area contributed by atoms with Crippen LogP contribution in [0.1, 0.15) is 26.3 Å². The van der Waals surface area contributed by atoms with Crippen molar-refractivity contribution < 1.29 is 43.6 Å². The Bertz CT molecular complexity index is 4170. The highest BCUT2D eigenvalue weighted by Gasteiger charge is 2.34. The molecule has 20 nitrogen and oxygen atoms in total. The summed E-state index contributed by atoms with van der Waals surface area (Å²) in [7, 11) is -7.65. The van der Waals surface area contributed by atoms with Gasteiger partial charge in [0.2, 0.25) is 0 Å². The molecule has 3 aliphatic heterocycles. The molecule has 5 N–H and O–H groups in total. The highest BCUT2D eigenvalue weighted by atomic mass is 35.5. The van der Waals surface area contributed by atoms with Crippen molar-refractivity contribution in [2.24, 2.45) is 0 Å². The van der Waals surface area contributed by atoms with Crippen LogP contribution in [0.3, 0.4) is 0 Å². The number of aromatic amines is 3. The van der Waals surface area contributed by atoms with Crippen LogP contribution in [0.15, 0.2) is 124 Å². The molecule has 0 atom stereocenters. The number of hydrogen-bond acceptors (Lipinski definition) is 10. The first-order valence-electron chi connectivity index (χ1n) is 25.3. The molecule has 5 aromatic carbocycles. The van der Waals surface area contributed by atoms with Crippen LogP contribution in [0.4, 0.5) is 14.5 Å². The van der Waals surface area contributed by atoms with Gasteiger partial charge in [0, 0.05) is 146 Å². The summed E-state index contributed by atoms with van der Waals surface area (Å²) in [4.78, 5) is 41.7. The van der Waals surface area contributed by atoms with Crippen LogP contribution in [0, 0.1) is 23.6 Å². The lowest BCUT2D eigenvalue weighted by Crippen LogP contribution is -2.50. The summed E-state index contributed by atoms with van der Waals surface area (Å²) in [5, 5.41) is 15.2. The molecule has 8 aromatic rings. The molecule has 6 heterocycles. The van der Waals surface area contributed by atoms with Crippen LogP contribution < -0.4 is 5.32 Å². The van der Waals surface area contributed by atoms with Gasteiger partial charge in [0.15, 0.2) is 5.69 Å². The summed E-state index contributed by atoms with van der Waals surface area (Å²) in [6.07, 6.45) is 0. The van der Waals surface area contributed by atoms with Crippen LogP contribution in [0.25, 0.3) is 37.6 Å². The maximum atomic E-state index is 14.6. The molecule has 28 heteroatoms. The van der Waals surface area contributed by atoms with Crippen LogP contribution >= 0.6 is 34.8 Å². The van der Waals surface area contributed by atoms with E-state index in [9.17, 15) is 43.6 Å². The Kier molecular flexibility index (Phi) is 17.8. The number of piperazine rings is 3. The van der Waals surface area contributed by atoms with Gasteiger partial charge in [-0.25, -0.2) is 38.9 Å². The molecule has 0 aliphatic carbocycles. The molecule has 0 spiro atoms. The van der Waals surface area contributed by atoms with Gasteiger partial charge in [0.1, 0.15) is 32.5 Å². The van der Waals surface area contributed by atoms with Gasteiger partial charge in [0.05, 0.1) is 17.7 Å². The molecule has 0 bridgehead atoms. The Morgan fingerprint density at radius 3 is 1.24 bits per heavy atom. The van der Waals surface area contributed by atoms with Gasteiger partial charge < -0.3 is 35.0 Å². The van der Waals surface area contributed by atoms with Crippen LogP contribution in [0.5, 0.6) is 0 Å². The van der Waals surface area contributed by atoms with Gasteiger partial charge in [-0.2, -0.15) is 12.9 Å². The fourth-order valence-electron chi connectivity index (χ4n) is 9.39. The second-order valence-electron chi connectivity index (χ2n) is 19.4. The summed E-state index contributed by atoms with van der Waals surface area (Å²) in [5.41, 5.74) is 2.33. The number of rotatable bonds is 9. The predicted molar refractivity (Wildman–Crippen MR) is 310 cm³/mol. The quantitative estimate of drug-likeness (QED) is 0.0529. The molecule has 11 rings (SSSR count). The van der Waals surface area contributed by atoms with Gasteiger partial charge in [0.25, 0.3) is 41.9 Å². The number of carbonyl (C=O) groups is 2. The maximum Gasteiger partial charge on any atom is 0.258 e. The zero-order valence-electron chi connectivity index (χ0n) is 43.9. The normalized spacial score (nSPS) is 15.8. The molecule has 0 unspecified atom stereocenters. The molecular weight excluding hydrogens is 1190 g/mol. The highest BCUT2D eigenvalue weighted by molar-refractivity contribution is 7.89. The van der Waals surface area contributed by atoms with Crippen molar-refractivity contribution in [3.05, 3.63) is 164 Å². The fourth-order valence-corrected chi connectivity index (χ4v) is 14.3. The third kappa shape index (κ3) is 12.8. The average molecular weight is 1240 g/mol. The zero-order chi connectivity index (χ0) is 58.8. The Hall–Kier alpha value is -6.96. The molecular formula is C54H53Cl3F2N12O8S3. The van der Waals surface area contributed by atoms with Gasteiger partial charge in [-0.3, -0.25) is 15.0 Å². The fraction of sp³-hybridized carbons (Fsp3) is 0.259. The van der Waals surface area contributed by atoms with Crippen LogP contribution in [-0.2, 0) is 30.1 Å². The Morgan fingerprint density at radius 2 is 0.890 bits per heavy atom. The first kappa shape index (κ1) is 59.7. The van der Waals surface area contributed by atoms with E-state index in [1.807, 2.05) is 0 Å². The second kappa shape index (κ2) is 24.5. The minimum Gasteiger partial charge on any atom is -0.363 e. The van der Waals surface area contributed by atoms with E-state index in [0.717, 1.165) is 17.0 Å². The van der Waals surface area contributed by atoms with E-state index in [2.05, 4.69) is 25.1 Å². The number of nitrogens with one attached hydrogen (secondary N) is 5. The van der Waals surface area contributed by atoms with Crippen LogP contribution in [-0.4, -0.2) is 178 Å². The summed E-state index contributed by atoms with van der Waals surface area (Å²) < 4.78 is 110. The molecule has 3 aliphatic rings. The van der Waals surface area contributed by atoms with Crippen molar-refractivity contribution >= 4 is 121 Å².